The SMILES string of the molecule is Cl.FC1(F)CC12CCCNCC2. The molecule has 1 saturated heterocycles. The molecule has 0 aromatic heterocycles. The average Bonchev–Trinajstić information content (AvgIpc) is 2.54. The lowest BCUT2D eigenvalue weighted by Gasteiger charge is -2.10. The Kier molecular flexibility index (Phi) is 2.64. The predicted octanol–water partition coefficient (Wildman–Crippen LogP) is 2.21. The van der Waals surface area contributed by atoms with Crippen LogP contribution in [0.3, 0.4) is 0 Å². The van der Waals surface area contributed by atoms with Gasteiger partial charge in [-0.25, -0.2) is 8.78 Å². The van der Waals surface area contributed by atoms with Gasteiger partial charge in [-0.1, -0.05) is 0 Å². The highest BCUT2D eigenvalue weighted by Crippen LogP contribution is 2.65. The van der Waals surface area contributed by atoms with Crippen molar-refractivity contribution in [3.8, 4) is 0 Å². The molecule has 0 bridgehead atoms. The lowest BCUT2D eigenvalue weighted by Crippen LogP contribution is -2.16. The minimum atomic E-state index is -2.33. The normalized spacial score (nSPS) is 38.5. The van der Waals surface area contributed by atoms with Crippen molar-refractivity contribution < 1.29 is 8.78 Å². The average molecular weight is 198 g/mol. The zero-order chi connectivity index (χ0) is 7.95. The van der Waals surface area contributed by atoms with E-state index >= 15 is 0 Å². The van der Waals surface area contributed by atoms with E-state index < -0.39 is 11.3 Å². The molecule has 1 saturated carbocycles. The lowest BCUT2D eigenvalue weighted by atomic mass is 9.97. The summed E-state index contributed by atoms with van der Waals surface area (Å²) in [5.41, 5.74) is -0.587. The van der Waals surface area contributed by atoms with Gasteiger partial charge in [0, 0.05) is 11.8 Å². The van der Waals surface area contributed by atoms with Gasteiger partial charge in [0.2, 0.25) is 0 Å². The lowest BCUT2D eigenvalue weighted by molar-refractivity contribution is 0.0588. The third-order valence-corrected chi connectivity index (χ3v) is 3.00. The highest BCUT2D eigenvalue weighted by Gasteiger charge is 2.69. The van der Waals surface area contributed by atoms with Crippen LogP contribution >= 0.6 is 12.4 Å². The largest absolute Gasteiger partial charge is 0.317 e. The maximum Gasteiger partial charge on any atom is 0.254 e. The molecule has 2 fully saturated rings. The summed E-state index contributed by atoms with van der Waals surface area (Å²) in [7, 11) is 0. The van der Waals surface area contributed by atoms with E-state index in [2.05, 4.69) is 5.32 Å². The van der Waals surface area contributed by atoms with E-state index in [9.17, 15) is 8.78 Å². The van der Waals surface area contributed by atoms with Crippen LogP contribution in [0.2, 0.25) is 0 Å². The molecule has 1 spiro atoms. The van der Waals surface area contributed by atoms with Crippen LogP contribution in [0.4, 0.5) is 8.78 Å². The third kappa shape index (κ3) is 1.44. The summed E-state index contributed by atoms with van der Waals surface area (Å²) in [6.45, 7) is 1.69. The van der Waals surface area contributed by atoms with E-state index in [-0.39, 0.29) is 18.8 Å². The summed E-state index contributed by atoms with van der Waals surface area (Å²) in [6, 6.07) is 0. The smallest absolute Gasteiger partial charge is 0.254 e. The third-order valence-electron chi connectivity index (χ3n) is 3.00. The summed E-state index contributed by atoms with van der Waals surface area (Å²) in [6.07, 6.45) is 2.43. The molecule has 1 atom stereocenters. The van der Waals surface area contributed by atoms with E-state index in [1.807, 2.05) is 0 Å². The topological polar surface area (TPSA) is 12.0 Å². The van der Waals surface area contributed by atoms with Gasteiger partial charge in [-0.3, -0.25) is 0 Å². The monoisotopic (exact) mass is 197 g/mol. The molecular weight excluding hydrogens is 184 g/mol. The van der Waals surface area contributed by atoms with Crippen molar-refractivity contribution in [2.24, 2.45) is 5.41 Å². The van der Waals surface area contributed by atoms with Gasteiger partial charge in [0.1, 0.15) is 0 Å². The standard InChI is InChI=1S/C8H13F2N.ClH/c9-8(10)6-7(8)2-1-4-11-5-3-7;/h11H,1-6H2;1H. The fourth-order valence-electron chi connectivity index (χ4n) is 2.05. The first kappa shape index (κ1) is 10.2. The van der Waals surface area contributed by atoms with Gasteiger partial charge < -0.3 is 5.32 Å². The molecule has 2 rings (SSSR count). The van der Waals surface area contributed by atoms with Crippen LogP contribution in [0.5, 0.6) is 0 Å². The summed E-state index contributed by atoms with van der Waals surface area (Å²) >= 11 is 0. The van der Waals surface area contributed by atoms with Crippen LogP contribution in [0, 0.1) is 5.41 Å². The van der Waals surface area contributed by atoms with Crippen LogP contribution in [0.25, 0.3) is 0 Å². The quantitative estimate of drug-likeness (QED) is 0.628. The van der Waals surface area contributed by atoms with Crippen LogP contribution < -0.4 is 5.32 Å². The minimum absolute atomic E-state index is 0. The van der Waals surface area contributed by atoms with Crippen molar-refractivity contribution in [3.05, 3.63) is 0 Å². The molecule has 12 heavy (non-hydrogen) atoms. The Labute approximate surface area is 77.3 Å². The van der Waals surface area contributed by atoms with Crippen LogP contribution in [0.15, 0.2) is 0 Å². The number of halogens is 3. The summed E-state index contributed by atoms with van der Waals surface area (Å²) in [5.74, 6) is -2.33. The van der Waals surface area contributed by atoms with Crippen molar-refractivity contribution in [2.45, 2.75) is 31.6 Å². The van der Waals surface area contributed by atoms with Gasteiger partial charge in [0.05, 0.1) is 0 Å². The van der Waals surface area contributed by atoms with E-state index in [0.717, 1.165) is 19.5 Å². The Morgan fingerprint density at radius 3 is 2.33 bits per heavy atom. The Morgan fingerprint density at radius 1 is 1.08 bits per heavy atom. The van der Waals surface area contributed by atoms with Gasteiger partial charge in [0.15, 0.2) is 0 Å². The van der Waals surface area contributed by atoms with E-state index in [0.29, 0.717) is 12.8 Å². The molecule has 2 aliphatic rings. The van der Waals surface area contributed by atoms with Gasteiger partial charge in [0.25, 0.3) is 5.92 Å². The van der Waals surface area contributed by atoms with E-state index in [1.54, 1.807) is 0 Å². The molecule has 0 aromatic rings. The maximum atomic E-state index is 12.8. The van der Waals surface area contributed by atoms with Crippen LogP contribution in [0.1, 0.15) is 25.7 Å². The summed E-state index contributed by atoms with van der Waals surface area (Å²) < 4.78 is 25.7. The second kappa shape index (κ2) is 3.11. The molecule has 1 heterocycles. The number of hydrogen-bond acceptors (Lipinski definition) is 1. The van der Waals surface area contributed by atoms with Crippen molar-refractivity contribution in [3.63, 3.8) is 0 Å². The minimum Gasteiger partial charge on any atom is -0.317 e. The van der Waals surface area contributed by atoms with Crippen molar-refractivity contribution >= 4 is 12.4 Å². The number of nitrogens with one attached hydrogen (secondary N) is 1. The summed E-state index contributed by atoms with van der Waals surface area (Å²) in [5, 5.41) is 3.15. The van der Waals surface area contributed by atoms with Gasteiger partial charge in [-0.05, 0) is 32.4 Å². The molecular formula is C8H14ClF2N. The Hall–Kier alpha value is 0.110. The molecule has 0 amide bonds. The Balaban J connectivity index is 0.000000720. The zero-order valence-corrected chi connectivity index (χ0v) is 7.72. The van der Waals surface area contributed by atoms with Gasteiger partial charge >= 0.3 is 0 Å². The van der Waals surface area contributed by atoms with Crippen LogP contribution in [-0.2, 0) is 0 Å². The molecule has 0 radical (unpaired) electrons. The van der Waals surface area contributed by atoms with Crippen molar-refractivity contribution in [1.29, 1.82) is 0 Å². The fraction of sp³-hybridized carbons (Fsp3) is 1.00. The van der Waals surface area contributed by atoms with Crippen molar-refractivity contribution in [2.75, 3.05) is 13.1 Å². The molecule has 1 aliphatic heterocycles. The first-order valence-electron chi connectivity index (χ1n) is 4.25. The second-order valence-corrected chi connectivity index (χ2v) is 3.77. The zero-order valence-electron chi connectivity index (χ0n) is 6.91. The molecule has 1 nitrogen and oxygen atoms in total. The number of alkyl halides is 2. The van der Waals surface area contributed by atoms with Gasteiger partial charge in [-0.15, -0.1) is 12.4 Å². The van der Waals surface area contributed by atoms with Crippen molar-refractivity contribution in [1.82, 2.24) is 5.32 Å². The highest BCUT2D eigenvalue weighted by molar-refractivity contribution is 5.85. The van der Waals surface area contributed by atoms with E-state index in [4.69, 9.17) is 0 Å². The number of hydrogen-bond donors (Lipinski definition) is 1. The van der Waals surface area contributed by atoms with E-state index in [1.165, 1.54) is 0 Å². The molecule has 4 heteroatoms. The molecule has 1 unspecified atom stereocenters. The Bertz CT molecular complexity index is 164. The fourth-order valence-corrected chi connectivity index (χ4v) is 2.05. The first-order valence-corrected chi connectivity index (χ1v) is 4.25. The van der Waals surface area contributed by atoms with Gasteiger partial charge in [-0.2, -0.15) is 0 Å². The van der Waals surface area contributed by atoms with Crippen LogP contribution in [-0.4, -0.2) is 19.0 Å². The molecule has 0 aromatic carbocycles. The summed E-state index contributed by atoms with van der Waals surface area (Å²) in [4.78, 5) is 0. The molecule has 1 aliphatic carbocycles. The molecule has 1 N–H and O–H groups in total. The number of rotatable bonds is 0. The maximum absolute atomic E-state index is 12.8. The highest BCUT2D eigenvalue weighted by atomic mass is 35.5. The predicted molar refractivity (Wildman–Crippen MR) is 46.0 cm³/mol. The molecule has 72 valence electrons. The first-order chi connectivity index (χ1) is 5.16. The Morgan fingerprint density at radius 2 is 1.75 bits per heavy atom. The second-order valence-electron chi connectivity index (χ2n) is 3.77.